The second kappa shape index (κ2) is 3.61. The molecule has 0 amide bonds. The van der Waals surface area contributed by atoms with Gasteiger partial charge in [0, 0.05) is 0 Å². The molecule has 1 saturated heterocycles. The Labute approximate surface area is 77.0 Å². The first kappa shape index (κ1) is 10.4. The molecule has 1 heterocycles. The van der Waals surface area contributed by atoms with E-state index in [1.807, 2.05) is 20.8 Å². The second-order valence-electron chi connectivity index (χ2n) is 3.93. The normalized spacial score (nSPS) is 27.3. The molecule has 0 radical (unpaired) electrons. The van der Waals surface area contributed by atoms with Crippen LogP contribution in [-0.2, 0) is 14.3 Å². The van der Waals surface area contributed by atoms with Crippen molar-refractivity contribution in [3.8, 4) is 0 Å². The smallest absolute Gasteiger partial charge is 0.317 e. The van der Waals surface area contributed by atoms with E-state index in [2.05, 4.69) is 5.32 Å². The van der Waals surface area contributed by atoms with Crippen LogP contribution >= 0.6 is 0 Å². The first-order chi connectivity index (χ1) is 5.88. The number of nitrogens with one attached hydrogen (secondary N) is 1. The van der Waals surface area contributed by atoms with Crippen LogP contribution in [0.25, 0.3) is 0 Å². The van der Waals surface area contributed by atoms with Gasteiger partial charge in [0.15, 0.2) is 12.5 Å². The summed E-state index contributed by atoms with van der Waals surface area (Å²) in [7, 11) is 0. The zero-order valence-corrected chi connectivity index (χ0v) is 8.03. The molecule has 5 nitrogen and oxygen atoms in total. The molecule has 0 aromatic rings. The van der Waals surface area contributed by atoms with Gasteiger partial charge >= 0.3 is 5.97 Å². The van der Waals surface area contributed by atoms with E-state index >= 15 is 0 Å². The van der Waals surface area contributed by atoms with Crippen molar-refractivity contribution in [3.63, 3.8) is 0 Å². The highest BCUT2D eigenvalue weighted by Gasteiger charge is 2.42. The lowest BCUT2D eigenvalue weighted by atomic mass is 10.2. The van der Waals surface area contributed by atoms with E-state index in [1.54, 1.807) is 0 Å². The Kier molecular flexibility index (Phi) is 2.90. The van der Waals surface area contributed by atoms with Gasteiger partial charge < -0.3 is 14.6 Å². The largest absolute Gasteiger partial charge is 0.480 e. The number of carbonyl (C=O) groups is 1. The summed E-state index contributed by atoms with van der Waals surface area (Å²) in [6.45, 7) is 5.66. The number of carboxylic acids is 1. The third kappa shape index (κ3) is 4.21. The molecular weight excluding hydrogens is 174 g/mol. The minimum Gasteiger partial charge on any atom is -0.480 e. The zero-order valence-electron chi connectivity index (χ0n) is 8.03. The van der Waals surface area contributed by atoms with Gasteiger partial charge in [0.2, 0.25) is 0 Å². The molecule has 1 rings (SSSR count). The Balaban J connectivity index is 2.13. The quantitative estimate of drug-likeness (QED) is 0.616. The Morgan fingerprint density at radius 1 is 1.62 bits per heavy atom. The van der Waals surface area contributed by atoms with Gasteiger partial charge in [-0.1, -0.05) is 0 Å². The minimum atomic E-state index is -0.898. The molecule has 1 aliphatic rings. The molecule has 0 bridgehead atoms. The summed E-state index contributed by atoms with van der Waals surface area (Å²) in [5.41, 5.74) is -0.260. The summed E-state index contributed by atoms with van der Waals surface area (Å²) in [5, 5.41) is 11.0. The standard InChI is InChI=1S/C8H15NO4/c1-8(2,3)13-7-6(12-7)9-4-5(10)11/h6-7,9H,4H2,1-3H3,(H,10,11)/t6?,7-/m1/s1. The van der Waals surface area contributed by atoms with Crippen LogP contribution in [0.1, 0.15) is 20.8 Å². The Bertz CT molecular complexity index is 199. The average molecular weight is 189 g/mol. The van der Waals surface area contributed by atoms with Crippen molar-refractivity contribution in [3.05, 3.63) is 0 Å². The van der Waals surface area contributed by atoms with Gasteiger partial charge in [-0.25, -0.2) is 0 Å². The molecule has 1 unspecified atom stereocenters. The van der Waals surface area contributed by atoms with Crippen molar-refractivity contribution in [1.82, 2.24) is 5.32 Å². The van der Waals surface area contributed by atoms with Crippen molar-refractivity contribution in [2.24, 2.45) is 0 Å². The van der Waals surface area contributed by atoms with Gasteiger partial charge in [0.05, 0.1) is 12.1 Å². The van der Waals surface area contributed by atoms with Crippen LogP contribution < -0.4 is 5.32 Å². The van der Waals surface area contributed by atoms with E-state index in [9.17, 15) is 4.79 Å². The number of aliphatic carboxylic acids is 1. The summed E-state index contributed by atoms with van der Waals surface area (Å²) in [6, 6.07) is 0. The monoisotopic (exact) mass is 189 g/mol. The molecule has 76 valence electrons. The summed E-state index contributed by atoms with van der Waals surface area (Å²) >= 11 is 0. The third-order valence-electron chi connectivity index (χ3n) is 1.38. The Morgan fingerprint density at radius 3 is 2.69 bits per heavy atom. The molecule has 0 spiro atoms. The molecule has 0 aromatic heterocycles. The maximum absolute atomic E-state index is 10.2. The molecule has 2 atom stereocenters. The van der Waals surface area contributed by atoms with E-state index in [0.717, 1.165) is 0 Å². The van der Waals surface area contributed by atoms with Gasteiger partial charge in [-0.05, 0) is 20.8 Å². The highest BCUT2D eigenvalue weighted by Crippen LogP contribution is 2.25. The molecule has 5 heteroatoms. The lowest BCUT2D eigenvalue weighted by molar-refractivity contribution is -0.136. The fourth-order valence-electron chi connectivity index (χ4n) is 0.869. The average Bonchev–Trinajstić information content (AvgIpc) is 2.59. The van der Waals surface area contributed by atoms with Crippen LogP contribution in [0.2, 0.25) is 0 Å². The Morgan fingerprint density at radius 2 is 2.23 bits per heavy atom. The van der Waals surface area contributed by atoms with E-state index < -0.39 is 5.97 Å². The maximum Gasteiger partial charge on any atom is 0.317 e. The number of ether oxygens (including phenoxy) is 2. The molecule has 1 aliphatic heterocycles. The van der Waals surface area contributed by atoms with Gasteiger partial charge in [-0.2, -0.15) is 0 Å². The molecule has 1 fully saturated rings. The van der Waals surface area contributed by atoms with Gasteiger partial charge in [0.1, 0.15) is 0 Å². The van der Waals surface area contributed by atoms with Crippen LogP contribution in [0.15, 0.2) is 0 Å². The molecule has 2 N–H and O–H groups in total. The van der Waals surface area contributed by atoms with Gasteiger partial charge in [-0.15, -0.1) is 0 Å². The summed E-state index contributed by atoms with van der Waals surface area (Å²) in [4.78, 5) is 10.2. The number of hydrogen-bond donors (Lipinski definition) is 2. The molecule has 0 saturated carbocycles. The van der Waals surface area contributed by atoms with Crippen molar-refractivity contribution in [2.75, 3.05) is 6.54 Å². The minimum absolute atomic E-state index is 0.103. The van der Waals surface area contributed by atoms with Crippen molar-refractivity contribution in [2.45, 2.75) is 38.9 Å². The predicted octanol–water partition coefficient (Wildman–Crippen LogP) is 0.158. The Hall–Kier alpha value is -0.650. The molecule has 13 heavy (non-hydrogen) atoms. The van der Waals surface area contributed by atoms with E-state index in [0.29, 0.717) is 0 Å². The van der Waals surface area contributed by atoms with Crippen molar-refractivity contribution in [1.29, 1.82) is 0 Å². The number of rotatable bonds is 4. The fourth-order valence-corrected chi connectivity index (χ4v) is 0.869. The van der Waals surface area contributed by atoms with Crippen LogP contribution in [0.4, 0.5) is 0 Å². The van der Waals surface area contributed by atoms with Crippen LogP contribution in [0, 0.1) is 0 Å². The van der Waals surface area contributed by atoms with Crippen LogP contribution in [-0.4, -0.2) is 35.7 Å². The predicted molar refractivity (Wildman–Crippen MR) is 45.1 cm³/mol. The van der Waals surface area contributed by atoms with Crippen LogP contribution in [0.5, 0.6) is 0 Å². The summed E-state index contributed by atoms with van der Waals surface area (Å²) in [6.07, 6.45) is -0.574. The highest BCUT2D eigenvalue weighted by molar-refractivity contribution is 5.69. The number of hydrogen-bond acceptors (Lipinski definition) is 4. The number of epoxide rings is 1. The third-order valence-corrected chi connectivity index (χ3v) is 1.38. The van der Waals surface area contributed by atoms with Crippen molar-refractivity contribution >= 4 is 5.97 Å². The van der Waals surface area contributed by atoms with E-state index in [1.165, 1.54) is 0 Å². The first-order valence-electron chi connectivity index (χ1n) is 4.17. The van der Waals surface area contributed by atoms with Gasteiger partial charge in [-0.3, -0.25) is 10.1 Å². The van der Waals surface area contributed by atoms with Gasteiger partial charge in [0.25, 0.3) is 0 Å². The summed E-state index contributed by atoms with van der Waals surface area (Å²) in [5.74, 6) is -0.898. The SMILES string of the molecule is CC(C)(C)O[C@H]1OC1NCC(=O)O. The molecular formula is C8H15NO4. The maximum atomic E-state index is 10.2. The topological polar surface area (TPSA) is 71.1 Å². The van der Waals surface area contributed by atoms with E-state index in [-0.39, 0.29) is 24.7 Å². The highest BCUT2D eigenvalue weighted by atomic mass is 16.8. The number of carboxylic acid groups (broad SMARTS) is 1. The summed E-state index contributed by atoms with van der Waals surface area (Å²) < 4.78 is 10.5. The van der Waals surface area contributed by atoms with Crippen molar-refractivity contribution < 1.29 is 19.4 Å². The lowest BCUT2D eigenvalue weighted by Gasteiger charge is -2.17. The fraction of sp³-hybridized carbons (Fsp3) is 0.875. The molecule has 0 aliphatic carbocycles. The van der Waals surface area contributed by atoms with E-state index in [4.69, 9.17) is 14.6 Å². The lowest BCUT2D eigenvalue weighted by Crippen LogP contribution is -2.29. The second-order valence-corrected chi connectivity index (χ2v) is 3.93. The van der Waals surface area contributed by atoms with Crippen LogP contribution in [0.3, 0.4) is 0 Å². The first-order valence-corrected chi connectivity index (χ1v) is 4.17. The molecule has 0 aromatic carbocycles. The zero-order chi connectivity index (χ0) is 10.1.